The number of benzene rings is 1. The van der Waals surface area contributed by atoms with E-state index in [0.717, 1.165) is 5.39 Å². The van der Waals surface area contributed by atoms with Gasteiger partial charge in [-0.25, -0.2) is 0 Å². The number of hydrogen-bond donors (Lipinski definition) is 1. The maximum absolute atomic E-state index is 10.7. The van der Waals surface area contributed by atoms with Gasteiger partial charge >= 0.3 is 5.97 Å². The van der Waals surface area contributed by atoms with Gasteiger partial charge in [-0.15, -0.1) is 0 Å². The Morgan fingerprint density at radius 2 is 2.21 bits per heavy atom. The van der Waals surface area contributed by atoms with Gasteiger partial charge in [0.15, 0.2) is 10.4 Å². The molecule has 0 amide bonds. The molecule has 1 atom stereocenters. The second kappa shape index (κ2) is 3.42. The van der Waals surface area contributed by atoms with Crippen LogP contribution in [0.3, 0.4) is 0 Å². The average Bonchev–Trinajstić information content (AvgIpc) is 2.60. The van der Waals surface area contributed by atoms with E-state index in [1.165, 1.54) is 0 Å². The minimum absolute atomic E-state index is 0.396. The summed E-state index contributed by atoms with van der Waals surface area (Å²) in [5.41, 5.74) is 0.987. The van der Waals surface area contributed by atoms with Gasteiger partial charge in [-0.05, 0) is 12.1 Å². The lowest BCUT2D eigenvalue weighted by Crippen LogP contribution is -2.04. The van der Waals surface area contributed by atoms with Crippen LogP contribution in [0, 0.1) is 0 Å². The molecular weight excluding hydrogens is 250 g/mol. The number of rotatable bonds is 2. The molecule has 0 fully saturated rings. The largest absolute Gasteiger partial charge is 0.480 e. The fraction of sp³-hybridized carbons (Fsp3) is 0.111. The minimum Gasteiger partial charge on any atom is -0.480 e. The van der Waals surface area contributed by atoms with Crippen LogP contribution in [0.5, 0.6) is 0 Å². The van der Waals surface area contributed by atoms with Crippen molar-refractivity contribution in [1.82, 2.24) is 5.16 Å². The standard InChI is InChI=1S/C9H6BrNO3/c10-7(9(12)13)8-5-3-1-2-4-6(5)14-11-8/h1-4,7H,(H,12,13)/t7-/m0/s1. The van der Waals surface area contributed by atoms with Crippen molar-refractivity contribution in [1.29, 1.82) is 0 Å². The van der Waals surface area contributed by atoms with E-state index in [1.54, 1.807) is 18.2 Å². The monoisotopic (exact) mass is 255 g/mol. The number of halogens is 1. The molecule has 1 aromatic heterocycles. The van der Waals surface area contributed by atoms with Crippen molar-refractivity contribution in [3.05, 3.63) is 30.0 Å². The summed E-state index contributed by atoms with van der Waals surface area (Å²) < 4.78 is 4.98. The van der Waals surface area contributed by atoms with E-state index in [0.29, 0.717) is 11.3 Å². The third kappa shape index (κ3) is 1.39. The molecule has 0 saturated heterocycles. The molecule has 1 heterocycles. The maximum atomic E-state index is 10.7. The smallest absolute Gasteiger partial charge is 0.323 e. The molecule has 4 nitrogen and oxygen atoms in total. The van der Waals surface area contributed by atoms with E-state index in [4.69, 9.17) is 9.63 Å². The summed E-state index contributed by atoms with van der Waals surface area (Å²) in [6.07, 6.45) is 0. The molecule has 5 heteroatoms. The van der Waals surface area contributed by atoms with Crippen molar-refractivity contribution in [2.45, 2.75) is 4.83 Å². The molecule has 0 radical (unpaired) electrons. The second-order valence-electron chi connectivity index (χ2n) is 2.76. The first-order chi connectivity index (χ1) is 6.70. The normalized spacial score (nSPS) is 12.9. The van der Waals surface area contributed by atoms with Crippen LogP contribution < -0.4 is 0 Å². The topological polar surface area (TPSA) is 63.3 Å². The number of aliphatic carboxylic acids is 1. The van der Waals surface area contributed by atoms with Crippen molar-refractivity contribution in [2.75, 3.05) is 0 Å². The zero-order valence-electron chi connectivity index (χ0n) is 6.98. The Bertz CT molecular complexity index is 480. The van der Waals surface area contributed by atoms with Crippen molar-refractivity contribution >= 4 is 32.9 Å². The fourth-order valence-electron chi connectivity index (χ4n) is 1.21. The number of carbonyl (C=O) groups is 1. The number of nitrogens with zero attached hydrogens (tertiary/aromatic N) is 1. The summed E-state index contributed by atoms with van der Waals surface area (Å²) >= 11 is 3.03. The van der Waals surface area contributed by atoms with E-state index < -0.39 is 10.8 Å². The van der Waals surface area contributed by atoms with E-state index in [2.05, 4.69) is 21.1 Å². The number of para-hydroxylation sites is 1. The van der Waals surface area contributed by atoms with Crippen LogP contribution in [-0.2, 0) is 4.79 Å². The predicted octanol–water partition coefficient (Wildman–Crippen LogP) is 2.35. The Morgan fingerprint density at radius 3 is 2.93 bits per heavy atom. The number of carboxylic acid groups (broad SMARTS) is 1. The fourth-order valence-corrected chi connectivity index (χ4v) is 1.54. The Kier molecular flexibility index (Phi) is 2.25. The van der Waals surface area contributed by atoms with E-state index in [1.807, 2.05) is 6.07 Å². The van der Waals surface area contributed by atoms with Gasteiger partial charge in [0.1, 0.15) is 5.69 Å². The molecule has 14 heavy (non-hydrogen) atoms. The average molecular weight is 256 g/mol. The van der Waals surface area contributed by atoms with Crippen LogP contribution >= 0.6 is 15.9 Å². The molecule has 0 saturated carbocycles. The number of fused-ring (bicyclic) bond motifs is 1. The van der Waals surface area contributed by atoms with Crippen LogP contribution in [0.25, 0.3) is 11.0 Å². The van der Waals surface area contributed by atoms with Crippen LogP contribution in [0.1, 0.15) is 10.5 Å². The summed E-state index contributed by atoms with van der Waals surface area (Å²) in [7, 11) is 0. The van der Waals surface area contributed by atoms with Crippen molar-refractivity contribution in [3.63, 3.8) is 0 Å². The summed E-state index contributed by atoms with van der Waals surface area (Å²) in [5, 5.41) is 13.2. The number of aromatic nitrogens is 1. The first-order valence-corrected chi connectivity index (χ1v) is 4.83. The van der Waals surface area contributed by atoms with Gasteiger partial charge in [-0.3, -0.25) is 4.79 Å². The predicted molar refractivity (Wildman–Crippen MR) is 53.3 cm³/mol. The number of carboxylic acids is 1. The molecule has 2 aromatic rings. The maximum Gasteiger partial charge on any atom is 0.323 e. The molecule has 0 aliphatic rings. The third-order valence-electron chi connectivity index (χ3n) is 1.86. The summed E-state index contributed by atoms with van der Waals surface area (Å²) in [4.78, 5) is 9.89. The molecule has 0 unspecified atom stereocenters. The lowest BCUT2D eigenvalue weighted by molar-refractivity contribution is -0.136. The van der Waals surface area contributed by atoms with Gasteiger partial charge in [-0.2, -0.15) is 0 Å². The summed E-state index contributed by atoms with van der Waals surface area (Å²) in [6.45, 7) is 0. The van der Waals surface area contributed by atoms with Gasteiger partial charge in [0.05, 0.1) is 0 Å². The van der Waals surface area contributed by atoms with E-state index in [-0.39, 0.29) is 0 Å². The molecule has 0 aliphatic heterocycles. The molecule has 0 spiro atoms. The van der Waals surface area contributed by atoms with E-state index >= 15 is 0 Å². The number of hydrogen-bond acceptors (Lipinski definition) is 3. The highest BCUT2D eigenvalue weighted by Crippen LogP contribution is 2.28. The van der Waals surface area contributed by atoms with Crippen LogP contribution in [0.15, 0.2) is 28.8 Å². The van der Waals surface area contributed by atoms with Gasteiger partial charge in [-0.1, -0.05) is 33.2 Å². The van der Waals surface area contributed by atoms with Crippen molar-refractivity contribution in [2.24, 2.45) is 0 Å². The molecule has 0 aliphatic carbocycles. The van der Waals surface area contributed by atoms with Gasteiger partial charge in [0.25, 0.3) is 0 Å². The van der Waals surface area contributed by atoms with Gasteiger partial charge in [0, 0.05) is 5.39 Å². The first-order valence-electron chi connectivity index (χ1n) is 3.91. The first kappa shape index (κ1) is 9.21. The molecule has 2 rings (SSSR count). The summed E-state index contributed by atoms with van der Waals surface area (Å²) in [5.74, 6) is -0.982. The molecule has 1 aromatic carbocycles. The third-order valence-corrected chi connectivity index (χ3v) is 2.69. The molecule has 72 valence electrons. The summed E-state index contributed by atoms with van der Waals surface area (Å²) in [6, 6.07) is 7.14. The Morgan fingerprint density at radius 1 is 1.50 bits per heavy atom. The van der Waals surface area contributed by atoms with Gasteiger partial charge in [0.2, 0.25) is 0 Å². The zero-order chi connectivity index (χ0) is 10.1. The van der Waals surface area contributed by atoms with E-state index in [9.17, 15) is 4.79 Å². The number of alkyl halides is 1. The molecule has 0 bridgehead atoms. The van der Waals surface area contributed by atoms with Crippen molar-refractivity contribution < 1.29 is 14.4 Å². The highest BCUT2D eigenvalue weighted by Gasteiger charge is 2.22. The lowest BCUT2D eigenvalue weighted by Gasteiger charge is -1.98. The molecule has 1 N–H and O–H groups in total. The highest BCUT2D eigenvalue weighted by atomic mass is 79.9. The SMILES string of the molecule is O=C(O)[C@@H](Br)c1noc2ccccc12. The quantitative estimate of drug-likeness (QED) is 0.837. The van der Waals surface area contributed by atoms with Gasteiger partial charge < -0.3 is 9.63 Å². The van der Waals surface area contributed by atoms with Crippen LogP contribution in [0.4, 0.5) is 0 Å². The second-order valence-corrected chi connectivity index (χ2v) is 3.68. The Balaban J connectivity index is 2.58. The van der Waals surface area contributed by atoms with Crippen LogP contribution in [0.2, 0.25) is 0 Å². The Labute approximate surface area is 87.6 Å². The lowest BCUT2D eigenvalue weighted by atomic mass is 10.2. The Hall–Kier alpha value is -1.36. The van der Waals surface area contributed by atoms with Crippen molar-refractivity contribution in [3.8, 4) is 0 Å². The minimum atomic E-state index is -0.982. The molecular formula is C9H6BrNO3. The highest BCUT2D eigenvalue weighted by molar-refractivity contribution is 9.09. The zero-order valence-corrected chi connectivity index (χ0v) is 8.56. The van der Waals surface area contributed by atoms with Crippen LogP contribution in [-0.4, -0.2) is 16.2 Å².